The molecule has 0 saturated heterocycles. The van der Waals surface area contributed by atoms with Gasteiger partial charge in [-0.1, -0.05) is 26.7 Å². The van der Waals surface area contributed by atoms with Crippen LogP contribution in [0.2, 0.25) is 0 Å². The first-order valence-electron chi connectivity index (χ1n) is 4.72. The molecule has 0 N–H and O–H groups in total. The maximum Gasteiger partial charge on any atom is 0.502 e. The Balaban J connectivity index is 3.49. The first-order valence-corrected chi connectivity index (χ1v) is 6.18. The fourth-order valence-electron chi connectivity index (χ4n) is 0.679. The standard InChI is InChI=1S/C8H18O4P/c1-3-5-7-11-13(9,10)12-8-6-4-2/h3-8H2,1-2H3. The van der Waals surface area contributed by atoms with E-state index in [2.05, 4.69) is 9.05 Å². The zero-order chi connectivity index (χ0) is 10.2. The van der Waals surface area contributed by atoms with Crippen LogP contribution in [0.15, 0.2) is 0 Å². The van der Waals surface area contributed by atoms with Crippen molar-refractivity contribution in [1.29, 1.82) is 0 Å². The van der Waals surface area contributed by atoms with Crippen molar-refractivity contribution in [1.82, 2.24) is 0 Å². The maximum atomic E-state index is 11.0. The van der Waals surface area contributed by atoms with E-state index in [-0.39, 0.29) is 13.2 Å². The van der Waals surface area contributed by atoms with E-state index in [1.54, 1.807) is 0 Å². The predicted molar refractivity (Wildman–Crippen MR) is 50.0 cm³/mol. The van der Waals surface area contributed by atoms with Crippen molar-refractivity contribution in [3.8, 4) is 0 Å². The third kappa shape index (κ3) is 8.44. The summed E-state index contributed by atoms with van der Waals surface area (Å²) in [6, 6.07) is 0. The smallest absolute Gasteiger partial charge is 0.285 e. The van der Waals surface area contributed by atoms with Crippen LogP contribution in [0.1, 0.15) is 39.5 Å². The quantitative estimate of drug-likeness (QED) is 0.455. The Morgan fingerprint density at radius 1 is 1.00 bits per heavy atom. The van der Waals surface area contributed by atoms with Gasteiger partial charge in [-0.15, -0.1) is 4.89 Å². The molecule has 0 amide bonds. The minimum atomic E-state index is -4.00. The van der Waals surface area contributed by atoms with Gasteiger partial charge >= 0.3 is 7.82 Å². The van der Waals surface area contributed by atoms with E-state index in [1.807, 2.05) is 13.8 Å². The highest BCUT2D eigenvalue weighted by molar-refractivity contribution is 7.47. The number of hydrogen-bond acceptors (Lipinski definition) is 3. The molecule has 0 unspecified atom stereocenters. The predicted octanol–water partition coefficient (Wildman–Crippen LogP) is 3.16. The van der Waals surface area contributed by atoms with Crippen molar-refractivity contribution in [3.63, 3.8) is 0 Å². The lowest BCUT2D eigenvalue weighted by Gasteiger charge is -2.08. The average Bonchev–Trinajstić information content (AvgIpc) is 2.05. The number of rotatable bonds is 8. The lowest BCUT2D eigenvalue weighted by molar-refractivity contribution is 0.125. The molecule has 0 atom stereocenters. The van der Waals surface area contributed by atoms with Gasteiger partial charge in [0.2, 0.25) is 0 Å². The Hall–Kier alpha value is 0.110. The number of hydrogen-bond donors (Lipinski definition) is 0. The Morgan fingerprint density at radius 2 is 1.38 bits per heavy atom. The van der Waals surface area contributed by atoms with Crippen LogP contribution in [0, 0.1) is 0 Å². The summed E-state index contributed by atoms with van der Waals surface area (Å²) < 4.78 is 20.2. The second-order valence-electron chi connectivity index (χ2n) is 2.82. The molecule has 1 radical (unpaired) electrons. The molecule has 0 saturated carbocycles. The van der Waals surface area contributed by atoms with Crippen molar-refractivity contribution >= 4 is 7.82 Å². The fourth-order valence-corrected chi connectivity index (χ4v) is 1.46. The molecule has 0 heterocycles. The summed E-state index contributed by atoms with van der Waals surface area (Å²) in [7, 11) is -4.00. The third-order valence-corrected chi connectivity index (χ3v) is 2.49. The molecular formula is C8H18O4P. The van der Waals surface area contributed by atoms with Crippen LogP contribution < -0.4 is 0 Å². The molecule has 0 aromatic rings. The molecule has 79 valence electrons. The van der Waals surface area contributed by atoms with E-state index in [0.29, 0.717) is 0 Å². The van der Waals surface area contributed by atoms with Crippen LogP contribution in [0.25, 0.3) is 0 Å². The second kappa shape index (κ2) is 7.51. The van der Waals surface area contributed by atoms with E-state index in [1.165, 1.54) is 0 Å². The second-order valence-corrected chi connectivity index (χ2v) is 4.23. The minimum absolute atomic E-state index is 0.226. The van der Waals surface area contributed by atoms with Gasteiger partial charge in [-0.05, 0) is 12.8 Å². The number of unbranched alkanes of at least 4 members (excludes halogenated alkanes) is 2. The van der Waals surface area contributed by atoms with Gasteiger partial charge in [0.05, 0.1) is 13.2 Å². The molecule has 0 aromatic carbocycles. The van der Waals surface area contributed by atoms with Crippen LogP contribution in [-0.4, -0.2) is 13.2 Å². The van der Waals surface area contributed by atoms with Gasteiger partial charge in [-0.2, -0.15) is 0 Å². The van der Waals surface area contributed by atoms with Crippen LogP contribution in [0.3, 0.4) is 0 Å². The Bertz CT molecular complexity index is 146. The van der Waals surface area contributed by atoms with Gasteiger partial charge in [0.25, 0.3) is 0 Å². The summed E-state index contributed by atoms with van der Waals surface area (Å²) in [5.41, 5.74) is 0. The zero-order valence-corrected chi connectivity index (χ0v) is 9.22. The summed E-state index contributed by atoms with van der Waals surface area (Å²) >= 11 is 0. The molecular weight excluding hydrogens is 191 g/mol. The van der Waals surface area contributed by atoms with Crippen molar-refractivity contribution in [2.24, 2.45) is 0 Å². The molecule has 0 aliphatic heterocycles. The van der Waals surface area contributed by atoms with Crippen molar-refractivity contribution < 1.29 is 18.5 Å². The van der Waals surface area contributed by atoms with Crippen LogP contribution in [-0.2, 0) is 18.5 Å². The fraction of sp³-hybridized carbons (Fsp3) is 1.00. The Labute approximate surface area is 79.9 Å². The van der Waals surface area contributed by atoms with E-state index in [0.717, 1.165) is 25.7 Å². The van der Waals surface area contributed by atoms with Crippen molar-refractivity contribution in [2.45, 2.75) is 39.5 Å². The van der Waals surface area contributed by atoms with Gasteiger partial charge in [0, 0.05) is 0 Å². The van der Waals surface area contributed by atoms with Gasteiger partial charge in [-0.3, -0.25) is 9.05 Å². The first kappa shape index (κ1) is 13.1. The van der Waals surface area contributed by atoms with Gasteiger partial charge < -0.3 is 0 Å². The summed E-state index contributed by atoms with van der Waals surface area (Å²) in [4.78, 5) is 11.0. The highest BCUT2D eigenvalue weighted by atomic mass is 31.2. The molecule has 0 fully saturated rings. The molecule has 0 aromatic heterocycles. The molecule has 0 bridgehead atoms. The first-order chi connectivity index (χ1) is 6.12. The zero-order valence-electron chi connectivity index (χ0n) is 8.32. The van der Waals surface area contributed by atoms with E-state index in [4.69, 9.17) is 0 Å². The summed E-state index contributed by atoms with van der Waals surface area (Å²) in [6.07, 6.45) is 3.30. The molecule has 0 spiro atoms. The van der Waals surface area contributed by atoms with Gasteiger partial charge in [0.15, 0.2) is 0 Å². The van der Waals surface area contributed by atoms with Gasteiger partial charge in [-0.25, -0.2) is 4.57 Å². The normalized spacial score (nSPS) is 11.9. The lowest BCUT2D eigenvalue weighted by Crippen LogP contribution is -1.97. The van der Waals surface area contributed by atoms with Crippen molar-refractivity contribution in [3.05, 3.63) is 0 Å². The largest absolute Gasteiger partial charge is 0.502 e. The minimum Gasteiger partial charge on any atom is -0.285 e. The molecule has 4 nitrogen and oxygen atoms in total. The molecule has 0 aliphatic carbocycles. The van der Waals surface area contributed by atoms with Crippen LogP contribution in [0.5, 0.6) is 0 Å². The van der Waals surface area contributed by atoms with Crippen molar-refractivity contribution in [2.75, 3.05) is 13.2 Å². The van der Waals surface area contributed by atoms with E-state index >= 15 is 0 Å². The third-order valence-electron chi connectivity index (χ3n) is 1.49. The molecule has 0 aliphatic rings. The molecule has 5 heteroatoms. The summed E-state index contributed by atoms with van der Waals surface area (Å²) in [5.74, 6) is 0. The van der Waals surface area contributed by atoms with Gasteiger partial charge in [0.1, 0.15) is 0 Å². The summed E-state index contributed by atoms with van der Waals surface area (Å²) in [5, 5.41) is 0. The molecule has 0 rings (SSSR count). The van der Waals surface area contributed by atoms with Crippen LogP contribution in [0.4, 0.5) is 0 Å². The maximum absolute atomic E-state index is 11.0. The Morgan fingerprint density at radius 3 is 1.69 bits per heavy atom. The van der Waals surface area contributed by atoms with Crippen LogP contribution >= 0.6 is 7.82 Å². The summed E-state index contributed by atoms with van der Waals surface area (Å²) in [6.45, 7) is 4.39. The average molecular weight is 209 g/mol. The lowest BCUT2D eigenvalue weighted by atomic mass is 10.4. The van der Waals surface area contributed by atoms with E-state index < -0.39 is 7.82 Å². The van der Waals surface area contributed by atoms with E-state index in [9.17, 15) is 9.46 Å². The molecule has 13 heavy (non-hydrogen) atoms. The topological polar surface area (TPSA) is 55.4 Å². The highest BCUT2D eigenvalue weighted by Crippen LogP contribution is 2.44. The monoisotopic (exact) mass is 209 g/mol. The SMILES string of the molecule is CCCCOP([O])(=O)OCCCC. The Kier molecular flexibility index (Phi) is 7.57. The highest BCUT2D eigenvalue weighted by Gasteiger charge is 2.22.